The maximum atomic E-state index is 6.64. The largest absolute Gasteiger partial charge is 0.397 e. The molecule has 0 saturated carbocycles. The molecule has 0 bridgehead atoms. The van der Waals surface area contributed by atoms with Crippen molar-refractivity contribution in [2.75, 3.05) is 5.73 Å². The number of nitrogens with zero attached hydrogens (tertiary/aromatic N) is 4. The third-order valence-electron chi connectivity index (χ3n) is 5.34. The zero-order valence-corrected chi connectivity index (χ0v) is 19.6. The molecule has 0 fully saturated rings. The second kappa shape index (κ2) is 8.76. The summed E-state index contributed by atoms with van der Waals surface area (Å²) in [6.45, 7) is 4.78. The van der Waals surface area contributed by atoms with Crippen LogP contribution >= 0.6 is 23.1 Å². The molecule has 0 unspecified atom stereocenters. The minimum absolute atomic E-state index is 0.680. The summed E-state index contributed by atoms with van der Waals surface area (Å²) in [6.07, 6.45) is 0. The van der Waals surface area contributed by atoms with Crippen LogP contribution in [0.1, 0.15) is 22.4 Å². The molecular weight excluding hydrogens is 434 g/mol. The van der Waals surface area contributed by atoms with Crippen molar-refractivity contribution in [1.82, 2.24) is 19.7 Å². The van der Waals surface area contributed by atoms with Crippen LogP contribution in [0.5, 0.6) is 0 Å². The van der Waals surface area contributed by atoms with Gasteiger partial charge < -0.3 is 5.73 Å². The Hall–Kier alpha value is -3.16. The topological polar surface area (TPSA) is 69.6 Å². The summed E-state index contributed by atoms with van der Waals surface area (Å²) in [5.74, 6) is 1.62. The van der Waals surface area contributed by atoms with Crippen molar-refractivity contribution in [2.24, 2.45) is 0 Å². The number of fused-ring (bicyclic) bond motifs is 1. The van der Waals surface area contributed by atoms with Crippen LogP contribution in [0.25, 0.3) is 20.9 Å². The molecule has 5 aromatic rings. The summed E-state index contributed by atoms with van der Waals surface area (Å²) in [5, 5.41) is 11.1. The third kappa shape index (κ3) is 4.01. The first-order valence-electron chi connectivity index (χ1n) is 10.4. The number of aromatic nitrogens is 4. The molecule has 3 heterocycles. The van der Waals surface area contributed by atoms with E-state index in [1.54, 1.807) is 23.1 Å². The Kier molecular flexibility index (Phi) is 5.68. The van der Waals surface area contributed by atoms with Crippen molar-refractivity contribution in [3.05, 3.63) is 89.1 Å². The molecular formula is C25H23N5S2. The Morgan fingerprint density at radius 1 is 0.938 bits per heavy atom. The predicted molar refractivity (Wildman–Crippen MR) is 134 cm³/mol. The summed E-state index contributed by atoms with van der Waals surface area (Å²) in [4.78, 5) is 6.59. The monoisotopic (exact) mass is 457 g/mol. The van der Waals surface area contributed by atoms with Crippen molar-refractivity contribution in [3.63, 3.8) is 0 Å². The molecule has 3 aromatic heterocycles. The number of hydrogen-bond donors (Lipinski definition) is 1. The number of nitrogen functional groups attached to an aromatic ring is 1. The zero-order chi connectivity index (χ0) is 22.1. The highest BCUT2D eigenvalue weighted by Crippen LogP contribution is 2.42. The van der Waals surface area contributed by atoms with E-state index >= 15 is 0 Å². The van der Waals surface area contributed by atoms with Crippen molar-refractivity contribution < 1.29 is 0 Å². The van der Waals surface area contributed by atoms with Crippen LogP contribution in [-0.4, -0.2) is 19.7 Å². The first kappa shape index (κ1) is 20.7. The Morgan fingerprint density at radius 2 is 1.62 bits per heavy atom. The summed E-state index contributed by atoms with van der Waals surface area (Å²) >= 11 is 3.28. The molecule has 0 aliphatic carbocycles. The molecule has 2 N–H and O–H groups in total. The maximum absolute atomic E-state index is 6.64. The molecule has 0 atom stereocenters. The second-order valence-corrected chi connectivity index (χ2v) is 9.70. The smallest absolute Gasteiger partial charge is 0.192 e. The molecule has 7 heteroatoms. The van der Waals surface area contributed by atoms with E-state index in [9.17, 15) is 0 Å². The molecule has 0 spiro atoms. The maximum Gasteiger partial charge on any atom is 0.192 e. The highest BCUT2D eigenvalue weighted by molar-refractivity contribution is 7.98. The first-order valence-corrected chi connectivity index (χ1v) is 12.2. The lowest BCUT2D eigenvalue weighted by Crippen LogP contribution is -2.04. The number of thioether (sulfide) groups is 1. The van der Waals surface area contributed by atoms with Gasteiger partial charge in [0.1, 0.15) is 4.83 Å². The third-order valence-corrected chi connectivity index (χ3v) is 7.47. The van der Waals surface area contributed by atoms with Gasteiger partial charge in [0.15, 0.2) is 11.0 Å². The Morgan fingerprint density at radius 3 is 2.34 bits per heavy atom. The Balaban J connectivity index is 1.59. The van der Waals surface area contributed by atoms with Crippen LogP contribution in [0.4, 0.5) is 5.69 Å². The lowest BCUT2D eigenvalue weighted by atomic mass is 10.1. The van der Waals surface area contributed by atoms with Gasteiger partial charge >= 0.3 is 0 Å². The van der Waals surface area contributed by atoms with Gasteiger partial charge in [-0.15, -0.1) is 21.5 Å². The normalized spacial score (nSPS) is 11.3. The number of benzene rings is 2. The van der Waals surface area contributed by atoms with E-state index in [1.807, 2.05) is 19.1 Å². The standard InChI is InChI=1S/C25H23N5S2/c1-16-13-17(2)27-24-20(16)21(26)22(32-24)23-28-29-25(31-15-19-11-7-4-8-12-19)30(23)14-18-9-5-3-6-10-18/h3-13H,14-15,26H2,1-2H3. The van der Waals surface area contributed by atoms with Gasteiger partial charge in [-0.1, -0.05) is 72.4 Å². The van der Waals surface area contributed by atoms with E-state index in [-0.39, 0.29) is 0 Å². The number of rotatable bonds is 6. The van der Waals surface area contributed by atoms with Crippen molar-refractivity contribution in [3.8, 4) is 10.7 Å². The van der Waals surface area contributed by atoms with Crippen LogP contribution < -0.4 is 5.73 Å². The molecule has 0 saturated heterocycles. The first-order chi connectivity index (χ1) is 15.6. The highest BCUT2D eigenvalue weighted by atomic mass is 32.2. The van der Waals surface area contributed by atoms with Crippen LogP contribution in [0.15, 0.2) is 71.9 Å². The number of pyridine rings is 1. The number of hydrogen-bond acceptors (Lipinski definition) is 6. The van der Waals surface area contributed by atoms with Crippen LogP contribution in [0.3, 0.4) is 0 Å². The molecule has 5 rings (SSSR count). The van der Waals surface area contributed by atoms with E-state index in [2.05, 4.69) is 76.3 Å². The van der Waals surface area contributed by atoms with Gasteiger partial charge in [-0.05, 0) is 36.6 Å². The fourth-order valence-corrected chi connectivity index (χ4v) is 5.93. The molecule has 0 aliphatic heterocycles. The molecule has 5 nitrogen and oxygen atoms in total. The Bertz CT molecular complexity index is 1370. The van der Waals surface area contributed by atoms with Crippen molar-refractivity contribution in [1.29, 1.82) is 0 Å². The molecule has 160 valence electrons. The predicted octanol–water partition coefficient (Wildman–Crippen LogP) is 6.09. The lowest BCUT2D eigenvalue weighted by Gasteiger charge is -2.10. The fourth-order valence-electron chi connectivity index (χ4n) is 3.83. The van der Waals surface area contributed by atoms with E-state index in [4.69, 9.17) is 10.7 Å². The van der Waals surface area contributed by atoms with Gasteiger partial charge in [-0.2, -0.15) is 0 Å². The lowest BCUT2D eigenvalue weighted by molar-refractivity contribution is 0.715. The Labute approximate surface area is 195 Å². The van der Waals surface area contributed by atoms with E-state index in [0.29, 0.717) is 6.54 Å². The summed E-state index contributed by atoms with van der Waals surface area (Å²) in [6, 6.07) is 22.9. The minimum Gasteiger partial charge on any atom is -0.397 e. The quantitative estimate of drug-likeness (QED) is 0.312. The van der Waals surface area contributed by atoms with E-state index in [0.717, 1.165) is 48.8 Å². The average Bonchev–Trinajstić information content (AvgIpc) is 3.34. The van der Waals surface area contributed by atoms with Gasteiger partial charge in [-0.25, -0.2) is 4.98 Å². The van der Waals surface area contributed by atoms with Crippen LogP contribution in [0.2, 0.25) is 0 Å². The molecule has 2 aromatic carbocycles. The summed E-state index contributed by atoms with van der Waals surface area (Å²) in [5.41, 5.74) is 12.0. The van der Waals surface area contributed by atoms with E-state index in [1.165, 1.54) is 11.1 Å². The van der Waals surface area contributed by atoms with E-state index < -0.39 is 0 Å². The zero-order valence-electron chi connectivity index (χ0n) is 17.9. The van der Waals surface area contributed by atoms with Crippen molar-refractivity contribution >= 4 is 39.0 Å². The average molecular weight is 458 g/mol. The molecule has 0 radical (unpaired) electrons. The number of thiophene rings is 1. The molecule has 32 heavy (non-hydrogen) atoms. The second-order valence-electron chi connectivity index (χ2n) is 7.76. The SMILES string of the molecule is Cc1cc(C)c2c(N)c(-c3nnc(SCc4ccccc4)n3Cc3ccccc3)sc2n1. The van der Waals surface area contributed by atoms with Gasteiger partial charge in [0, 0.05) is 16.8 Å². The minimum atomic E-state index is 0.680. The molecule has 0 amide bonds. The summed E-state index contributed by atoms with van der Waals surface area (Å²) in [7, 11) is 0. The van der Waals surface area contributed by atoms with Gasteiger partial charge in [0.25, 0.3) is 0 Å². The molecule has 0 aliphatic rings. The summed E-state index contributed by atoms with van der Waals surface area (Å²) < 4.78 is 2.17. The number of aryl methyl sites for hydroxylation is 2. The van der Waals surface area contributed by atoms with Crippen LogP contribution in [0, 0.1) is 13.8 Å². The van der Waals surface area contributed by atoms with Gasteiger partial charge in [-0.3, -0.25) is 4.57 Å². The van der Waals surface area contributed by atoms with Crippen LogP contribution in [-0.2, 0) is 12.3 Å². The number of anilines is 1. The highest BCUT2D eigenvalue weighted by Gasteiger charge is 2.22. The number of nitrogens with two attached hydrogens (primary N) is 1. The fraction of sp³-hybridized carbons (Fsp3) is 0.160. The van der Waals surface area contributed by atoms with Gasteiger partial charge in [0.05, 0.1) is 17.1 Å². The van der Waals surface area contributed by atoms with Crippen molar-refractivity contribution in [2.45, 2.75) is 31.3 Å². The van der Waals surface area contributed by atoms with Gasteiger partial charge in [0.2, 0.25) is 0 Å².